The zero-order chi connectivity index (χ0) is 8.15. The van der Waals surface area contributed by atoms with Gasteiger partial charge in [-0.05, 0) is 6.92 Å². The van der Waals surface area contributed by atoms with Gasteiger partial charge in [0.25, 0.3) is 0 Å². The molecule has 3 N–H and O–H groups in total. The van der Waals surface area contributed by atoms with Crippen LogP contribution < -0.4 is 11.1 Å². The van der Waals surface area contributed by atoms with E-state index >= 15 is 0 Å². The third-order valence-electron chi connectivity index (χ3n) is 0.798. The van der Waals surface area contributed by atoms with Gasteiger partial charge in [0.1, 0.15) is 0 Å². The molecule has 0 aliphatic carbocycles. The lowest BCUT2D eigenvalue weighted by Crippen LogP contribution is -2.36. The van der Waals surface area contributed by atoms with Crippen LogP contribution in [0.15, 0.2) is 0 Å². The maximum Gasteiger partial charge on any atom is 0.236 e. The topological polar surface area (TPSA) is 72.2 Å². The molecule has 58 valence electrons. The molecule has 0 aromatic rings. The summed E-state index contributed by atoms with van der Waals surface area (Å²) >= 11 is 1.95. The summed E-state index contributed by atoms with van der Waals surface area (Å²) in [5, 5.41) is 2.36. The SMILES string of the molecule is CC(I)C(=O)NCC(N)=O. The first-order valence-corrected chi connectivity index (χ1v) is 3.98. The maximum atomic E-state index is 10.7. The summed E-state index contributed by atoms with van der Waals surface area (Å²) in [5.41, 5.74) is 4.78. The molecule has 1 unspecified atom stereocenters. The number of hydrogen-bond donors (Lipinski definition) is 2. The number of amides is 2. The minimum absolute atomic E-state index is 0.0772. The van der Waals surface area contributed by atoms with Crippen molar-refractivity contribution >= 4 is 34.4 Å². The van der Waals surface area contributed by atoms with Crippen molar-refractivity contribution in [2.75, 3.05) is 6.54 Å². The van der Waals surface area contributed by atoms with Crippen LogP contribution in [0.3, 0.4) is 0 Å². The maximum absolute atomic E-state index is 10.7. The van der Waals surface area contributed by atoms with Gasteiger partial charge in [-0.1, -0.05) is 22.6 Å². The van der Waals surface area contributed by atoms with E-state index in [-0.39, 0.29) is 16.4 Å². The zero-order valence-corrected chi connectivity index (χ0v) is 7.71. The van der Waals surface area contributed by atoms with Crippen molar-refractivity contribution in [3.63, 3.8) is 0 Å². The highest BCUT2D eigenvalue weighted by atomic mass is 127. The van der Waals surface area contributed by atoms with Crippen LogP contribution in [0.1, 0.15) is 6.92 Å². The number of halogens is 1. The highest BCUT2D eigenvalue weighted by Gasteiger charge is 2.07. The van der Waals surface area contributed by atoms with Gasteiger partial charge in [-0.3, -0.25) is 9.59 Å². The molecule has 0 bridgehead atoms. The molecule has 0 heterocycles. The Bertz CT molecular complexity index is 147. The number of rotatable bonds is 3. The van der Waals surface area contributed by atoms with Crippen LogP contribution in [-0.2, 0) is 9.59 Å². The normalized spacial score (nSPS) is 12.2. The number of alkyl halides is 1. The van der Waals surface area contributed by atoms with Gasteiger partial charge in [-0.15, -0.1) is 0 Å². The molecule has 0 aliphatic rings. The minimum atomic E-state index is -0.523. The first kappa shape index (κ1) is 9.67. The fourth-order valence-corrected chi connectivity index (χ4v) is 0.535. The van der Waals surface area contributed by atoms with Gasteiger partial charge < -0.3 is 11.1 Å². The Hall–Kier alpha value is -0.330. The van der Waals surface area contributed by atoms with Crippen molar-refractivity contribution in [1.82, 2.24) is 5.32 Å². The molecule has 10 heavy (non-hydrogen) atoms. The molecule has 0 fully saturated rings. The number of nitrogens with two attached hydrogens (primary N) is 1. The standard InChI is InChI=1S/C5H9IN2O2/c1-3(6)5(10)8-2-4(7)9/h3H,2H2,1H3,(H2,7,9)(H,8,10). The van der Waals surface area contributed by atoms with Crippen LogP contribution >= 0.6 is 22.6 Å². The van der Waals surface area contributed by atoms with E-state index in [2.05, 4.69) is 5.32 Å². The monoisotopic (exact) mass is 256 g/mol. The first-order chi connectivity index (χ1) is 4.54. The number of primary amides is 1. The van der Waals surface area contributed by atoms with Crippen LogP contribution in [0, 0.1) is 0 Å². The van der Waals surface area contributed by atoms with E-state index in [0.717, 1.165) is 0 Å². The van der Waals surface area contributed by atoms with Crippen LogP contribution in [-0.4, -0.2) is 22.3 Å². The second-order valence-electron chi connectivity index (χ2n) is 1.80. The summed E-state index contributed by atoms with van der Waals surface area (Å²) in [6, 6.07) is 0. The largest absolute Gasteiger partial charge is 0.368 e. The van der Waals surface area contributed by atoms with Gasteiger partial charge in [-0.2, -0.15) is 0 Å². The molecule has 0 spiro atoms. The average Bonchev–Trinajstić information content (AvgIpc) is 1.82. The number of carbonyl (C=O) groups excluding carboxylic acids is 2. The Labute approximate surface area is 72.7 Å². The van der Waals surface area contributed by atoms with E-state index in [1.165, 1.54) is 0 Å². The Morgan fingerprint density at radius 3 is 2.50 bits per heavy atom. The van der Waals surface area contributed by atoms with Crippen molar-refractivity contribution in [2.45, 2.75) is 10.8 Å². The summed E-state index contributed by atoms with van der Waals surface area (Å²) in [6.07, 6.45) is 0. The van der Waals surface area contributed by atoms with E-state index in [9.17, 15) is 9.59 Å². The molecule has 0 aromatic heterocycles. The van der Waals surface area contributed by atoms with Crippen molar-refractivity contribution < 1.29 is 9.59 Å². The number of carbonyl (C=O) groups is 2. The van der Waals surface area contributed by atoms with E-state index in [0.29, 0.717) is 0 Å². The van der Waals surface area contributed by atoms with Gasteiger partial charge in [-0.25, -0.2) is 0 Å². The van der Waals surface area contributed by atoms with E-state index < -0.39 is 5.91 Å². The van der Waals surface area contributed by atoms with E-state index in [1.807, 2.05) is 22.6 Å². The second-order valence-corrected chi connectivity index (χ2v) is 3.67. The molecule has 0 saturated carbocycles. The van der Waals surface area contributed by atoms with Crippen molar-refractivity contribution in [1.29, 1.82) is 0 Å². The third kappa shape index (κ3) is 4.54. The number of hydrogen-bond acceptors (Lipinski definition) is 2. The predicted octanol–water partition coefficient (Wildman–Crippen LogP) is -0.589. The van der Waals surface area contributed by atoms with Crippen molar-refractivity contribution in [3.8, 4) is 0 Å². The predicted molar refractivity (Wildman–Crippen MR) is 45.7 cm³/mol. The molecule has 5 heteroatoms. The molecular weight excluding hydrogens is 247 g/mol. The van der Waals surface area contributed by atoms with Gasteiger partial charge in [0.2, 0.25) is 11.8 Å². The summed E-state index contributed by atoms with van der Waals surface area (Å²) in [7, 11) is 0. The molecule has 4 nitrogen and oxygen atoms in total. The van der Waals surface area contributed by atoms with Gasteiger partial charge >= 0.3 is 0 Å². The van der Waals surface area contributed by atoms with E-state index in [1.54, 1.807) is 6.92 Å². The van der Waals surface area contributed by atoms with E-state index in [4.69, 9.17) is 5.73 Å². The lowest BCUT2D eigenvalue weighted by atomic mass is 10.4. The van der Waals surface area contributed by atoms with Crippen LogP contribution in [0.5, 0.6) is 0 Å². The first-order valence-electron chi connectivity index (χ1n) is 2.74. The molecule has 0 aromatic carbocycles. The zero-order valence-electron chi connectivity index (χ0n) is 5.56. The molecular formula is C5H9IN2O2. The Kier molecular flexibility index (Phi) is 4.33. The van der Waals surface area contributed by atoms with Crippen molar-refractivity contribution in [2.24, 2.45) is 5.73 Å². The Morgan fingerprint density at radius 2 is 2.20 bits per heavy atom. The quantitative estimate of drug-likeness (QED) is 0.523. The highest BCUT2D eigenvalue weighted by molar-refractivity contribution is 14.1. The van der Waals surface area contributed by atoms with Crippen LogP contribution in [0.2, 0.25) is 0 Å². The summed E-state index contributed by atoms with van der Waals surface area (Å²) in [5.74, 6) is -0.690. The second kappa shape index (κ2) is 4.48. The smallest absolute Gasteiger partial charge is 0.236 e. The summed E-state index contributed by atoms with van der Waals surface area (Å²) in [6.45, 7) is 1.66. The fraction of sp³-hybridized carbons (Fsp3) is 0.600. The molecule has 0 rings (SSSR count). The number of nitrogens with one attached hydrogen (secondary N) is 1. The van der Waals surface area contributed by atoms with Crippen LogP contribution in [0.25, 0.3) is 0 Å². The summed E-state index contributed by atoms with van der Waals surface area (Å²) < 4.78 is -0.128. The van der Waals surface area contributed by atoms with Crippen LogP contribution in [0.4, 0.5) is 0 Å². The Balaban J connectivity index is 3.50. The molecule has 1 atom stereocenters. The third-order valence-corrected chi connectivity index (χ3v) is 1.36. The molecule has 0 aliphatic heterocycles. The Morgan fingerprint density at radius 1 is 1.70 bits per heavy atom. The van der Waals surface area contributed by atoms with Gasteiger partial charge in [0, 0.05) is 0 Å². The molecule has 2 amide bonds. The van der Waals surface area contributed by atoms with Crippen molar-refractivity contribution in [3.05, 3.63) is 0 Å². The fourth-order valence-electron chi connectivity index (χ4n) is 0.315. The molecule has 0 saturated heterocycles. The summed E-state index contributed by atoms with van der Waals surface area (Å²) in [4.78, 5) is 20.9. The lowest BCUT2D eigenvalue weighted by molar-refractivity contribution is -0.124. The van der Waals surface area contributed by atoms with Gasteiger partial charge in [0.05, 0.1) is 10.5 Å². The molecule has 0 radical (unpaired) electrons. The minimum Gasteiger partial charge on any atom is -0.368 e. The van der Waals surface area contributed by atoms with Gasteiger partial charge in [0.15, 0.2) is 0 Å². The highest BCUT2D eigenvalue weighted by Crippen LogP contribution is 1.96. The average molecular weight is 256 g/mol. The lowest BCUT2D eigenvalue weighted by Gasteiger charge is -2.02.